The van der Waals surface area contributed by atoms with E-state index in [4.69, 9.17) is 18.9 Å². The van der Waals surface area contributed by atoms with Gasteiger partial charge in [-0.15, -0.1) is 21.5 Å². The summed E-state index contributed by atoms with van der Waals surface area (Å²) >= 11 is 1.42. The van der Waals surface area contributed by atoms with Crippen molar-refractivity contribution in [3.63, 3.8) is 0 Å². The molecule has 0 saturated carbocycles. The molecule has 0 spiro atoms. The van der Waals surface area contributed by atoms with Crippen LogP contribution in [0, 0.1) is 5.82 Å². The average molecular weight is 493 g/mol. The van der Waals surface area contributed by atoms with E-state index >= 15 is 0 Å². The van der Waals surface area contributed by atoms with E-state index < -0.39 is 0 Å². The number of methoxy groups -OCH3 is 4. The lowest BCUT2D eigenvalue weighted by Gasteiger charge is -2.15. The van der Waals surface area contributed by atoms with E-state index in [0.717, 1.165) is 32.0 Å². The Morgan fingerprint density at radius 2 is 1.51 bits per heavy atom. The molecule has 0 aliphatic rings. The van der Waals surface area contributed by atoms with Crippen LogP contribution in [0.4, 0.5) is 4.39 Å². The van der Waals surface area contributed by atoms with Gasteiger partial charge in [0, 0.05) is 11.1 Å². The van der Waals surface area contributed by atoms with Gasteiger partial charge in [-0.05, 0) is 48.5 Å². The number of halogens is 1. The van der Waals surface area contributed by atoms with Crippen LogP contribution < -0.4 is 18.9 Å². The van der Waals surface area contributed by atoms with E-state index in [9.17, 15) is 4.39 Å². The highest BCUT2D eigenvalue weighted by molar-refractivity contribution is 7.21. The van der Waals surface area contributed by atoms with Gasteiger partial charge in [0.15, 0.2) is 17.3 Å². The number of thiazole rings is 1. The summed E-state index contributed by atoms with van der Waals surface area (Å²) in [6.07, 6.45) is 1.61. The highest BCUT2D eigenvalue weighted by atomic mass is 32.1. The maximum atomic E-state index is 13.6. The fourth-order valence-electron chi connectivity index (χ4n) is 3.85. The number of hydrogen-bond acceptors (Lipinski definition) is 8. The lowest BCUT2D eigenvalue weighted by molar-refractivity contribution is 0.324. The average Bonchev–Trinajstić information content (AvgIpc) is 3.54. The predicted octanol–water partition coefficient (Wildman–Crippen LogP) is 5.38. The molecule has 3 aromatic carbocycles. The molecule has 2 aromatic heterocycles. The third kappa shape index (κ3) is 4.01. The Morgan fingerprint density at radius 3 is 2.20 bits per heavy atom. The van der Waals surface area contributed by atoms with Crippen molar-refractivity contribution >= 4 is 21.6 Å². The van der Waals surface area contributed by atoms with Gasteiger partial charge in [-0.3, -0.25) is 4.57 Å². The number of aromatic nitrogens is 4. The second-order valence-electron chi connectivity index (χ2n) is 7.46. The Hall–Kier alpha value is -4.18. The molecule has 0 bridgehead atoms. The summed E-state index contributed by atoms with van der Waals surface area (Å²) in [6.45, 7) is 0. The molecule has 0 aliphatic heterocycles. The second kappa shape index (κ2) is 9.22. The van der Waals surface area contributed by atoms with Gasteiger partial charge in [-0.25, -0.2) is 9.37 Å². The summed E-state index contributed by atoms with van der Waals surface area (Å²) < 4.78 is 38.3. The van der Waals surface area contributed by atoms with Crippen molar-refractivity contribution in [2.24, 2.45) is 0 Å². The maximum absolute atomic E-state index is 13.6. The number of fused-ring (bicyclic) bond motifs is 1. The third-order valence-electron chi connectivity index (χ3n) is 5.51. The van der Waals surface area contributed by atoms with E-state index in [-0.39, 0.29) is 5.82 Å². The smallest absolute Gasteiger partial charge is 0.203 e. The summed E-state index contributed by atoms with van der Waals surface area (Å²) in [5, 5.41) is 9.21. The molecule has 0 fully saturated rings. The molecule has 10 heteroatoms. The summed E-state index contributed by atoms with van der Waals surface area (Å²) in [5.41, 5.74) is 3.06. The van der Waals surface area contributed by atoms with E-state index in [2.05, 4.69) is 15.2 Å². The Kier molecular flexibility index (Phi) is 5.96. The van der Waals surface area contributed by atoms with Crippen LogP contribution in [0.1, 0.15) is 0 Å². The fourth-order valence-corrected chi connectivity index (χ4v) is 4.84. The molecule has 2 heterocycles. The third-order valence-corrected chi connectivity index (χ3v) is 6.57. The predicted molar refractivity (Wildman–Crippen MR) is 132 cm³/mol. The molecular weight excluding hydrogens is 471 g/mol. The molecule has 0 saturated heterocycles. The summed E-state index contributed by atoms with van der Waals surface area (Å²) in [6, 6.07) is 13.9. The van der Waals surface area contributed by atoms with Crippen LogP contribution in [-0.4, -0.2) is 48.2 Å². The van der Waals surface area contributed by atoms with Gasteiger partial charge in [0.25, 0.3) is 0 Å². The fraction of sp³-hybridized carbons (Fsp3) is 0.160. The van der Waals surface area contributed by atoms with Crippen molar-refractivity contribution in [3.8, 4) is 50.6 Å². The van der Waals surface area contributed by atoms with Gasteiger partial charge in [-0.2, -0.15) is 0 Å². The number of hydrogen-bond donors (Lipinski definition) is 0. The van der Waals surface area contributed by atoms with E-state index in [0.29, 0.717) is 28.8 Å². The zero-order chi connectivity index (χ0) is 24.5. The van der Waals surface area contributed by atoms with Gasteiger partial charge >= 0.3 is 0 Å². The summed E-state index contributed by atoms with van der Waals surface area (Å²) in [4.78, 5) is 4.64. The first-order valence-corrected chi connectivity index (χ1v) is 11.3. The normalized spacial score (nSPS) is 11.0. The van der Waals surface area contributed by atoms with Crippen LogP contribution in [0.3, 0.4) is 0 Å². The Labute approximate surface area is 204 Å². The Balaban J connectivity index is 1.59. The van der Waals surface area contributed by atoms with Crippen LogP contribution in [0.15, 0.2) is 54.9 Å². The Bertz CT molecular complexity index is 1510. The van der Waals surface area contributed by atoms with Gasteiger partial charge in [0.1, 0.15) is 22.9 Å². The zero-order valence-electron chi connectivity index (χ0n) is 19.4. The highest BCUT2D eigenvalue weighted by Crippen LogP contribution is 2.42. The molecule has 0 unspecified atom stereocenters. The molecule has 0 N–H and O–H groups in total. The summed E-state index contributed by atoms with van der Waals surface area (Å²) in [7, 11) is 6.27. The van der Waals surface area contributed by atoms with Crippen LogP contribution >= 0.6 is 11.3 Å². The quantitative estimate of drug-likeness (QED) is 0.302. The van der Waals surface area contributed by atoms with Crippen LogP contribution in [0.25, 0.3) is 37.9 Å². The van der Waals surface area contributed by atoms with Crippen molar-refractivity contribution < 1.29 is 23.3 Å². The van der Waals surface area contributed by atoms with E-state index in [1.165, 1.54) is 23.5 Å². The minimum absolute atomic E-state index is 0.285. The lowest BCUT2D eigenvalue weighted by atomic mass is 10.1. The van der Waals surface area contributed by atoms with Crippen molar-refractivity contribution in [1.29, 1.82) is 0 Å². The van der Waals surface area contributed by atoms with Gasteiger partial charge in [-0.1, -0.05) is 0 Å². The topological polar surface area (TPSA) is 80.5 Å². The monoisotopic (exact) mass is 492 g/mol. The van der Waals surface area contributed by atoms with Crippen LogP contribution in [0.5, 0.6) is 23.0 Å². The molecule has 5 aromatic rings. The number of ether oxygens (including phenoxy) is 4. The van der Waals surface area contributed by atoms with Crippen molar-refractivity contribution in [1.82, 2.24) is 19.7 Å². The maximum Gasteiger partial charge on any atom is 0.203 e. The van der Waals surface area contributed by atoms with Crippen molar-refractivity contribution in [2.75, 3.05) is 28.4 Å². The first-order chi connectivity index (χ1) is 17.1. The molecule has 178 valence electrons. The van der Waals surface area contributed by atoms with Crippen LogP contribution in [-0.2, 0) is 0 Å². The van der Waals surface area contributed by atoms with Gasteiger partial charge in [0.05, 0.1) is 44.3 Å². The summed E-state index contributed by atoms with van der Waals surface area (Å²) in [5.74, 6) is 2.37. The Morgan fingerprint density at radius 1 is 0.800 bits per heavy atom. The minimum atomic E-state index is -0.285. The minimum Gasteiger partial charge on any atom is -0.495 e. The molecule has 0 amide bonds. The molecule has 0 aliphatic carbocycles. The van der Waals surface area contributed by atoms with E-state index in [1.54, 1.807) is 40.8 Å². The van der Waals surface area contributed by atoms with Gasteiger partial charge in [0.2, 0.25) is 5.75 Å². The first-order valence-electron chi connectivity index (χ1n) is 10.5. The van der Waals surface area contributed by atoms with E-state index in [1.807, 2.05) is 34.9 Å². The molecule has 0 radical (unpaired) electrons. The van der Waals surface area contributed by atoms with Crippen molar-refractivity contribution in [2.45, 2.75) is 0 Å². The number of nitrogens with zero attached hydrogens (tertiary/aromatic N) is 4. The molecule has 8 nitrogen and oxygen atoms in total. The lowest BCUT2D eigenvalue weighted by Crippen LogP contribution is -2.01. The molecule has 5 rings (SSSR count). The second-order valence-corrected chi connectivity index (χ2v) is 8.49. The largest absolute Gasteiger partial charge is 0.495 e. The highest BCUT2D eigenvalue weighted by Gasteiger charge is 2.20. The first kappa shape index (κ1) is 22.6. The zero-order valence-corrected chi connectivity index (χ0v) is 20.2. The van der Waals surface area contributed by atoms with Crippen LogP contribution in [0.2, 0.25) is 0 Å². The van der Waals surface area contributed by atoms with Crippen molar-refractivity contribution in [3.05, 3.63) is 60.7 Å². The molecular formula is C25H21FN4O4S. The molecule has 35 heavy (non-hydrogen) atoms. The molecule has 0 atom stereocenters. The standard InChI is InChI=1S/C25H21FN4O4S/c1-31-19-9-14(25-28-17-7-6-16(26)12-22(17)35-25)5-8-18(19)30-13-27-29-24(30)15-10-20(32-2)23(34-4)21(11-15)33-3/h5-13H,1-4H3. The number of rotatable bonds is 7. The number of benzene rings is 3. The SMILES string of the molecule is COc1cc(-c2nc3ccc(F)cc3s2)ccc1-n1cnnc1-c1cc(OC)c(OC)c(OC)c1. The van der Waals surface area contributed by atoms with Gasteiger partial charge < -0.3 is 18.9 Å².